The maximum Gasteiger partial charge on any atom is 0.303 e. The minimum absolute atomic E-state index is 0.0267. The van der Waals surface area contributed by atoms with Gasteiger partial charge in [0.05, 0.1) is 12.3 Å². The SMILES string of the molecule is CC(=O)Nc1cc(CCC(=O)O)cc(-c2ccc3ccccc3c2)c1OCC1CCCC1. The van der Waals surface area contributed by atoms with Gasteiger partial charge in [-0.25, -0.2) is 0 Å². The van der Waals surface area contributed by atoms with Crippen LogP contribution in [0.25, 0.3) is 21.9 Å². The highest BCUT2D eigenvalue weighted by Gasteiger charge is 2.20. The van der Waals surface area contributed by atoms with E-state index in [9.17, 15) is 9.59 Å². The van der Waals surface area contributed by atoms with Gasteiger partial charge in [-0.05, 0) is 65.3 Å². The molecule has 1 aliphatic carbocycles. The molecule has 1 saturated carbocycles. The van der Waals surface area contributed by atoms with Gasteiger partial charge < -0.3 is 15.2 Å². The summed E-state index contributed by atoms with van der Waals surface area (Å²) in [5, 5.41) is 14.3. The van der Waals surface area contributed by atoms with Gasteiger partial charge in [0.25, 0.3) is 0 Å². The highest BCUT2D eigenvalue weighted by Crippen LogP contribution is 2.40. The number of nitrogens with one attached hydrogen (secondary N) is 1. The highest BCUT2D eigenvalue weighted by molar-refractivity contribution is 5.95. The number of rotatable bonds is 8. The number of hydrogen-bond acceptors (Lipinski definition) is 3. The van der Waals surface area contributed by atoms with Crippen molar-refractivity contribution in [1.29, 1.82) is 0 Å². The minimum Gasteiger partial charge on any atom is -0.490 e. The smallest absolute Gasteiger partial charge is 0.303 e. The average Bonchev–Trinajstić information content (AvgIpc) is 3.29. The molecule has 0 radical (unpaired) electrons. The first-order chi connectivity index (χ1) is 15.5. The summed E-state index contributed by atoms with van der Waals surface area (Å²) in [6, 6.07) is 18.3. The zero-order valence-electron chi connectivity index (χ0n) is 18.4. The van der Waals surface area contributed by atoms with E-state index in [-0.39, 0.29) is 12.3 Å². The molecular formula is C27H29NO4. The van der Waals surface area contributed by atoms with E-state index in [1.165, 1.54) is 19.8 Å². The van der Waals surface area contributed by atoms with Gasteiger partial charge in [0, 0.05) is 18.9 Å². The van der Waals surface area contributed by atoms with Crippen LogP contribution in [0.3, 0.4) is 0 Å². The molecule has 0 atom stereocenters. The predicted molar refractivity (Wildman–Crippen MR) is 127 cm³/mol. The monoisotopic (exact) mass is 431 g/mol. The molecule has 5 nitrogen and oxygen atoms in total. The maximum absolute atomic E-state index is 12.0. The molecule has 0 aromatic heterocycles. The summed E-state index contributed by atoms with van der Waals surface area (Å²) >= 11 is 0. The molecular weight excluding hydrogens is 402 g/mol. The lowest BCUT2D eigenvalue weighted by Gasteiger charge is -2.20. The summed E-state index contributed by atoms with van der Waals surface area (Å²) in [5.41, 5.74) is 3.31. The van der Waals surface area contributed by atoms with Crippen LogP contribution in [0.5, 0.6) is 5.75 Å². The first kappa shape index (κ1) is 21.9. The number of hydrogen-bond donors (Lipinski definition) is 2. The van der Waals surface area contributed by atoms with Crippen molar-refractivity contribution in [3.63, 3.8) is 0 Å². The van der Waals surface area contributed by atoms with Gasteiger partial charge in [-0.1, -0.05) is 49.2 Å². The van der Waals surface area contributed by atoms with Gasteiger partial charge in [-0.2, -0.15) is 0 Å². The molecule has 0 spiro atoms. The number of carboxylic acid groups (broad SMARTS) is 1. The number of amides is 1. The topological polar surface area (TPSA) is 75.6 Å². The molecule has 0 heterocycles. The lowest BCUT2D eigenvalue weighted by molar-refractivity contribution is -0.137. The Morgan fingerprint density at radius 1 is 1.03 bits per heavy atom. The number of carbonyl (C=O) groups is 2. The number of ether oxygens (including phenoxy) is 1. The fourth-order valence-electron chi connectivity index (χ4n) is 4.47. The van der Waals surface area contributed by atoms with E-state index in [0.29, 0.717) is 30.4 Å². The third-order valence-electron chi connectivity index (χ3n) is 6.09. The van der Waals surface area contributed by atoms with E-state index in [1.54, 1.807) is 0 Å². The molecule has 0 saturated heterocycles. The van der Waals surface area contributed by atoms with Crippen LogP contribution in [0, 0.1) is 5.92 Å². The highest BCUT2D eigenvalue weighted by atomic mass is 16.5. The largest absolute Gasteiger partial charge is 0.490 e. The Hall–Kier alpha value is -3.34. The molecule has 2 N–H and O–H groups in total. The van der Waals surface area contributed by atoms with E-state index in [0.717, 1.165) is 40.3 Å². The number of aryl methyl sites for hydroxylation is 1. The number of carbonyl (C=O) groups excluding carboxylic acids is 1. The van der Waals surface area contributed by atoms with Crippen LogP contribution in [0.4, 0.5) is 5.69 Å². The van der Waals surface area contributed by atoms with Crippen molar-refractivity contribution in [1.82, 2.24) is 0 Å². The molecule has 1 amide bonds. The van der Waals surface area contributed by atoms with Crippen LogP contribution in [0.15, 0.2) is 54.6 Å². The summed E-state index contributed by atoms with van der Waals surface area (Å²) < 4.78 is 6.37. The van der Waals surface area contributed by atoms with Crippen molar-refractivity contribution >= 4 is 28.3 Å². The van der Waals surface area contributed by atoms with Gasteiger partial charge >= 0.3 is 5.97 Å². The Kier molecular flexibility index (Phi) is 6.74. The molecule has 0 unspecified atom stereocenters. The van der Waals surface area contributed by atoms with Crippen molar-refractivity contribution in [2.45, 2.75) is 45.4 Å². The van der Waals surface area contributed by atoms with Crippen LogP contribution < -0.4 is 10.1 Å². The second kappa shape index (κ2) is 9.86. The molecule has 3 aromatic carbocycles. The lowest BCUT2D eigenvalue weighted by Crippen LogP contribution is -2.13. The van der Waals surface area contributed by atoms with Gasteiger partial charge in [0.15, 0.2) is 5.75 Å². The fourth-order valence-corrected chi connectivity index (χ4v) is 4.47. The third-order valence-corrected chi connectivity index (χ3v) is 6.09. The number of carboxylic acids is 1. The lowest BCUT2D eigenvalue weighted by atomic mass is 9.96. The average molecular weight is 432 g/mol. The Labute approximate surface area is 188 Å². The first-order valence-corrected chi connectivity index (χ1v) is 11.3. The van der Waals surface area contributed by atoms with E-state index in [1.807, 2.05) is 24.3 Å². The normalized spacial score (nSPS) is 13.9. The van der Waals surface area contributed by atoms with Crippen molar-refractivity contribution in [2.75, 3.05) is 11.9 Å². The Morgan fingerprint density at radius 2 is 1.78 bits per heavy atom. The second-order valence-electron chi connectivity index (χ2n) is 8.62. The number of benzene rings is 3. The fraction of sp³-hybridized carbons (Fsp3) is 0.333. The van der Waals surface area contributed by atoms with Crippen molar-refractivity contribution in [3.05, 3.63) is 60.2 Å². The predicted octanol–water partition coefficient (Wildman–Crippen LogP) is 6.05. The standard InChI is InChI=1S/C27H29NO4/c1-18(29)28-25-15-20(10-13-26(30)31)14-24(27(25)32-17-19-6-2-3-7-19)23-12-11-21-8-4-5-9-22(21)16-23/h4-5,8-9,11-12,14-16,19H,2-3,6-7,10,13,17H2,1H3,(H,28,29)(H,30,31). The molecule has 4 rings (SSSR count). The van der Waals surface area contributed by atoms with E-state index < -0.39 is 5.97 Å². The molecule has 1 fully saturated rings. The Balaban J connectivity index is 1.80. The molecule has 0 bridgehead atoms. The number of aliphatic carboxylic acids is 1. The van der Waals surface area contributed by atoms with Crippen molar-refractivity contribution in [3.8, 4) is 16.9 Å². The maximum atomic E-state index is 12.0. The van der Waals surface area contributed by atoms with Crippen LogP contribution in [-0.2, 0) is 16.0 Å². The number of anilines is 1. The molecule has 32 heavy (non-hydrogen) atoms. The number of fused-ring (bicyclic) bond motifs is 1. The summed E-state index contributed by atoms with van der Waals surface area (Å²) in [4.78, 5) is 23.1. The molecule has 5 heteroatoms. The molecule has 166 valence electrons. The summed E-state index contributed by atoms with van der Waals surface area (Å²) in [6.07, 6.45) is 5.20. The zero-order chi connectivity index (χ0) is 22.5. The van der Waals surface area contributed by atoms with E-state index in [2.05, 4.69) is 35.6 Å². The molecule has 1 aliphatic rings. The van der Waals surface area contributed by atoms with Crippen LogP contribution in [0.2, 0.25) is 0 Å². The summed E-state index contributed by atoms with van der Waals surface area (Å²) in [6.45, 7) is 2.09. The van der Waals surface area contributed by atoms with Gasteiger partial charge in [-0.3, -0.25) is 9.59 Å². The third kappa shape index (κ3) is 5.28. The molecule has 0 aliphatic heterocycles. The summed E-state index contributed by atoms with van der Waals surface area (Å²) in [7, 11) is 0. The van der Waals surface area contributed by atoms with Crippen LogP contribution in [0.1, 0.15) is 44.6 Å². The van der Waals surface area contributed by atoms with Crippen LogP contribution >= 0.6 is 0 Å². The minimum atomic E-state index is -0.847. The van der Waals surface area contributed by atoms with Crippen LogP contribution in [-0.4, -0.2) is 23.6 Å². The van der Waals surface area contributed by atoms with Gasteiger partial charge in [-0.15, -0.1) is 0 Å². The Bertz CT molecular complexity index is 1130. The van der Waals surface area contributed by atoms with E-state index >= 15 is 0 Å². The quantitative estimate of drug-likeness (QED) is 0.455. The first-order valence-electron chi connectivity index (χ1n) is 11.3. The summed E-state index contributed by atoms with van der Waals surface area (Å²) in [5.74, 6) is 0.147. The second-order valence-corrected chi connectivity index (χ2v) is 8.62. The van der Waals surface area contributed by atoms with Crippen molar-refractivity contribution in [2.24, 2.45) is 5.92 Å². The zero-order valence-corrected chi connectivity index (χ0v) is 18.4. The van der Waals surface area contributed by atoms with E-state index in [4.69, 9.17) is 9.84 Å². The van der Waals surface area contributed by atoms with Gasteiger partial charge in [0.2, 0.25) is 5.91 Å². The molecule has 3 aromatic rings. The van der Waals surface area contributed by atoms with Gasteiger partial charge in [0.1, 0.15) is 0 Å². The van der Waals surface area contributed by atoms with Crippen molar-refractivity contribution < 1.29 is 19.4 Å². The Morgan fingerprint density at radius 3 is 2.50 bits per heavy atom.